The minimum Gasteiger partial charge on any atom is -0.497 e. The highest BCUT2D eigenvalue weighted by molar-refractivity contribution is 14.1. The SMILES string of the molecule is CCOc1cc(/C=C(/C#N)c2nc3ccc(OC)cc3[nH]2)ccc1OCc1ccc(I)cc1. The smallest absolute Gasteiger partial charge is 0.161 e. The lowest BCUT2D eigenvalue weighted by Gasteiger charge is -2.13. The molecule has 0 radical (unpaired) electrons. The summed E-state index contributed by atoms with van der Waals surface area (Å²) in [6.07, 6.45) is 1.78. The van der Waals surface area contributed by atoms with E-state index in [1.807, 2.05) is 67.6 Å². The van der Waals surface area contributed by atoms with Crippen LogP contribution < -0.4 is 14.2 Å². The van der Waals surface area contributed by atoms with E-state index in [-0.39, 0.29) is 0 Å². The average molecular weight is 551 g/mol. The first kappa shape index (κ1) is 22.7. The number of nitriles is 1. The predicted octanol–water partition coefficient (Wildman–Crippen LogP) is 6.22. The molecule has 1 heterocycles. The molecule has 0 saturated heterocycles. The number of allylic oxidation sites excluding steroid dienone is 1. The maximum atomic E-state index is 9.76. The molecule has 0 unspecified atom stereocenters. The van der Waals surface area contributed by atoms with Crippen molar-refractivity contribution in [3.63, 3.8) is 0 Å². The number of hydrogen-bond donors (Lipinski definition) is 1. The van der Waals surface area contributed by atoms with Crippen LogP contribution in [0.25, 0.3) is 22.7 Å². The number of imidazole rings is 1. The highest BCUT2D eigenvalue weighted by Gasteiger charge is 2.11. The molecule has 3 aromatic carbocycles. The normalized spacial score (nSPS) is 11.3. The lowest BCUT2D eigenvalue weighted by Crippen LogP contribution is -2.00. The van der Waals surface area contributed by atoms with E-state index in [4.69, 9.17) is 14.2 Å². The molecule has 1 N–H and O–H groups in total. The first-order chi connectivity index (χ1) is 16.1. The molecule has 0 saturated carbocycles. The number of nitrogens with one attached hydrogen (secondary N) is 1. The van der Waals surface area contributed by atoms with Gasteiger partial charge in [-0.2, -0.15) is 5.26 Å². The third-order valence-corrected chi connectivity index (χ3v) is 5.67. The van der Waals surface area contributed by atoms with Crippen molar-refractivity contribution in [3.05, 3.63) is 81.2 Å². The van der Waals surface area contributed by atoms with Gasteiger partial charge in [-0.05, 0) is 83.1 Å². The molecule has 0 spiro atoms. The number of hydrogen-bond acceptors (Lipinski definition) is 5. The molecule has 0 atom stereocenters. The van der Waals surface area contributed by atoms with Gasteiger partial charge in [0, 0.05) is 9.64 Å². The molecular formula is C26H22IN3O3. The van der Waals surface area contributed by atoms with Crippen LogP contribution in [-0.4, -0.2) is 23.7 Å². The van der Waals surface area contributed by atoms with Gasteiger partial charge in [0.2, 0.25) is 0 Å². The summed E-state index contributed by atoms with van der Waals surface area (Å²) in [6, 6.07) is 21.6. The first-order valence-electron chi connectivity index (χ1n) is 10.4. The molecular weight excluding hydrogens is 529 g/mol. The highest BCUT2D eigenvalue weighted by Crippen LogP contribution is 2.31. The van der Waals surface area contributed by atoms with Gasteiger partial charge in [0.05, 0.1) is 30.3 Å². The molecule has 7 heteroatoms. The van der Waals surface area contributed by atoms with Gasteiger partial charge < -0.3 is 19.2 Å². The van der Waals surface area contributed by atoms with Gasteiger partial charge in [-0.25, -0.2) is 4.98 Å². The van der Waals surface area contributed by atoms with Crippen LogP contribution in [0.4, 0.5) is 0 Å². The second kappa shape index (κ2) is 10.4. The molecule has 0 bridgehead atoms. The maximum absolute atomic E-state index is 9.76. The van der Waals surface area contributed by atoms with Crippen molar-refractivity contribution >= 4 is 45.3 Å². The fourth-order valence-corrected chi connectivity index (χ4v) is 3.67. The summed E-state index contributed by atoms with van der Waals surface area (Å²) in [7, 11) is 1.61. The minimum atomic E-state index is 0.417. The van der Waals surface area contributed by atoms with E-state index in [9.17, 15) is 5.26 Å². The maximum Gasteiger partial charge on any atom is 0.161 e. The van der Waals surface area contributed by atoms with Gasteiger partial charge in [-0.15, -0.1) is 0 Å². The van der Waals surface area contributed by atoms with Crippen molar-refractivity contribution in [2.24, 2.45) is 0 Å². The van der Waals surface area contributed by atoms with Crippen LogP contribution in [0.3, 0.4) is 0 Å². The van der Waals surface area contributed by atoms with Crippen molar-refractivity contribution in [1.82, 2.24) is 9.97 Å². The quantitative estimate of drug-likeness (QED) is 0.208. The molecule has 1 aromatic heterocycles. The van der Waals surface area contributed by atoms with Crippen molar-refractivity contribution < 1.29 is 14.2 Å². The summed E-state index contributed by atoms with van der Waals surface area (Å²) in [4.78, 5) is 7.74. The van der Waals surface area contributed by atoms with E-state index in [2.05, 4.69) is 38.6 Å². The topological polar surface area (TPSA) is 80.2 Å². The zero-order valence-corrected chi connectivity index (χ0v) is 20.4. The summed E-state index contributed by atoms with van der Waals surface area (Å²) >= 11 is 2.28. The zero-order chi connectivity index (χ0) is 23.2. The Morgan fingerprint density at radius 3 is 2.61 bits per heavy atom. The fourth-order valence-electron chi connectivity index (χ4n) is 3.31. The number of ether oxygens (including phenoxy) is 3. The number of aromatic nitrogens is 2. The summed E-state index contributed by atoms with van der Waals surface area (Å²) in [5.74, 6) is 2.51. The Kier molecular flexibility index (Phi) is 7.15. The summed E-state index contributed by atoms with van der Waals surface area (Å²) < 4.78 is 18.2. The molecule has 4 aromatic rings. The van der Waals surface area contributed by atoms with Crippen LogP contribution in [0.2, 0.25) is 0 Å². The Morgan fingerprint density at radius 2 is 1.88 bits per heavy atom. The van der Waals surface area contributed by atoms with Gasteiger partial charge in [0.15, 0.2) is 11.5 Å². The van der Waals surface area contributed by atoms with E-state index >= 15 is 0 Å². The Hall–Kier alpha value is -3.51. The Balaban J connectivity index is 1.60. The fraction of sp³-hybridized carbons (Fsp3) is 0.154. The molecule has 0 fully saturated rings. The number of halogens is 1. The number of fused-ring (bicyclic) bond motifs is 1. The van der Waals surface area contributed by atoms with Crippen molar-refractivity contribution in [1.29, 1.82) is 5.26 Å². The van der Waals surface area contributed by atoms with Crippen molar-refractivity contribution in [2.45, 2.75) is 13.5 Å². The third-order valence-electron chi connectivity index (χ3n) is 4.95. The van der Waals surface area contributed by atoms with Gasteiger partial charge >= 0.3 is 0 Å². The minimum absolute atomic E-state index is 0.417. The average Bonchev–Trinajstić information content (AvgIpc) is 3.26. The third kappa shape index (κ3) is 5.46. The van der Waals surface area contributed by atoms with E-state index in [0.717, 1.165) is 27.9 Å². The summed E-state index contributed by atoms with van der Waals surface area (Å²) in [5, 5.41) is 9.76. The second-order valence-electron chi connectivity index (χ2n) is 7.19. The lowest BCUT2D eigenvalue weighted by molar-refractivity contribution is 0.269. The first-order valence-corrected chi connectivity index (χ1v) is 11.5. The Labute approximate surface area is 206 Å². The van der Waals surface area contributed by atoms with Crippen LogP contribution >= 0.6 is 22.6 Å². The van der Waals surface area contributed by atoms with Gasteiger partial charge in [0.25, 0.3) is 0 Å². The zero-order valence-electron chi connectivity index (χ0n) is 18.3. The monoisotopic (exact) mass is 551 g/mol. The molecule has 166 valence electrons. The standard InChI is InChI=1S/C26H22IN3O3/c1-3-32-25-13-18(6-11-24(25)33-16-17-4-7-20(27)8-5-17)12-19(15-28)26-29-22-10-9-21(31-2)14-23(22)30-26/h4-14H,3,16H2,1-2H3,(H,29,30)/b19-12-. The number of rotatable bonds is 8. The van der Waals surface area contributed by atoms with Crippen LogP contribution in [0.1, 0.15) is 23.9 Å². The lowest BCUT2D eigenvalue weighted by atomic mass is 10.1. The predicted molar refractivity (Wildman–Crippen MR) is 137 cm³/mol. The van der Waals surface area contributed by atoms with Crippen LogP contribution in [-0.2, 0) is 6.61 Å². The second-order valence-corrected chi connectivity index (χ2v) is 8.44. The molecule has 0 aliphatic rings. The number of H-pyrrole nitrogens is 1. The number of nitrogens with zero attached hydrogens (tertiary/aromatic N) is 2. The molecule has 6 nitrogen and oxygen atoms in total. The van der Waals surface area contributed by atoms with E-state index in [1.165, 1.54) is 3.57 Å². The van der Waals surface area contributed by atoms with Gasteiger partial charge in [-0.3, -0.25) is 0 Å². The Morgan fingerprint density at radius 1 is 1.06 bits per heavy atom. The molecule has 0 amide bonds. The number of methoxy groups -OCH3 is 1. The number of aromatic amines is 1. The van der Waals surface area contributed by atoms with Crippen LogP contribution in [0.15, 0.2) is 60.7 Å². The van der Waals surface area contributed by atoms with E-state index in [1.54, 1.807) is 13.2 Å². The van der Waals surface area contributed by atoms with Crippen molar-refractivity contribution in [2.75, 3.05) is 13.7 Å². The van der Waals surface area contributed by atoms with Crippen LogP contribution in [0, 0.1) is 14.9 Å². The van der Waals surface area contributed by atoms with Crippen LogP contribution in [0.5, 0.6) is 17.2 Å². The molecule has 4 rings (SSSR count). The van der Waals surface area contributed by atoms with Gasteiger partial charge in [0.1, 0.15) is 24.3 Å². The highest BCUT2D eigenvalue weighted by atomic mass is 127. The summed E-state index contributed by atoms with van der Waals surface area (Å²) in [6.45, 7) is 2.87. The largest absolute Gasteiger partial charge is 0.497 e. The number of benzene rings is 3. The molecule has 0 aliphatic carbocycles. The summed E-state index contributed by atoms with van der Waals surface area (Å²) in [5.41, 5.74) is 3.88. The van der Waals surface area contributed by atoms with E-state index in [0.29, 0.717) is 36.1 Å². The molecule has 0 aliphatic heterocycles. The van der Waals surface area contributed by atoms with Crippen molar-refractivity contribution in [3.8, 4) is 23.3 Å². The van der Waals surface area contributed by atoms with Gasteiger partial charge in [-0.1, -0.05) is 18.2 Å². The molecule has 33 heavy (non-hydrogen) atoms. The van der Waals surface area contributed by atoms with E-state index < -0.39 is 0 Å². The Bertz CT molecular complexity index is 1340.